The van der Waals surface area contributed by atoms with Crippen LogP contribution in [-0.4, -0.2) is 21.7 Å². The maximum absolute atomic E-state index is 13.1. The number of hydrogen-bond donors (Lipinski definition) is 2. The highest BCUT2D eigenvalue weighted by Crippen LogP contribution is 2.35. The van der Waals surface area contributed by atoms with Gasteiger partial charge in [0.15, 0.2) is 6.17 Å². The van der Waals surface area contributed by atoms with Crippen LogP contribution in [0.25, 0.3) is 0 Å². The van der Waals surface area contributed by atoms with Gasteiger partial charge in [0.05, 0.1) is 16.1 Å². The Morgan fingerprint density at radius 3 is 2.38 bits per heavy atom. The van der Waals surface area contributed by atoms with Crippen LogP contribution in [0.5, 0.6) is 0 Å². The summed E-state index contributed by atoms with van der Waals surface area (Å²) in [5.41, 5.74) is 3.95. The van der Waals surface area contributed by atoms with Gasteiger partial charge in [0, 0.05) is 17.3 Å². The van der Waals surface area contributed by atoms with Gasteiger partial charge in [-0.05, 0) is 30.3 Å². The molecule has 29 heavy (non-hydrogen) atoms. The van der Waals surface area contributed by atoms with Crippen LogP contribution in [0.2, 0.25) is 0 Å². The lowest BCUT2D eigenvalue weighted by Crippen LogP contribution is -2.53. The molecule has 4 rings (SSSR count). The molecule has 0 radical (unpaired) electrons. The van der Waals surface area contributed by atoms with Crippen LogP contribution in [0.4, 0.5) is 11.4 Å². The number of para-hydroxylation sites is 2. The van der Waals surface area contributed by atoms with Crippen molar-refractivity contribution in [3.05, 3.63) is 106 Å². The van der Waals surface area contributed by atoms with E-state index in [0.717, 1.165) is 5.01 Å². The predicted octanol–water partition coefficient (Wildman–Crippen LogP) is 3.51. The summed E-state index contributed by atoms with van der Waals surface area (Å²) in [7, 11) is 0. The second-order valence-electron chi connectivity index (χ2n) is 6.39. The molecule has 1 aliphatic rings. The Morgan fingerprint density at radius 2 is 1.62 bits per heavy atom. The van der Waals surface area contributed by atoms with Gasteiger partial charge in [-0.25, -0.2) is 5.01 Å². The molecule has 144 valence electrons. The number of fused-ring (bicyclic) bond motifs is 1. The van der Waals surface area contributed by atoms with Crippen LogP contribution in [0.3, 0.4) is 0 Å². The maximum Gasteiger partial charge on any atom is 0.276 e. The van der Waals surface area contributed by atoms with Crippen molar-refractivity contribution in [2.75, 3.05) is 5.32 Å². The summed E-state index contributed by atoms with van der Waals surface area (Å²) >= 11 is 0. The quantitative estimate of drug-likeness (QED) is 0.526. The third-order valence-electron chi connectivity index (χ3n) is 4.61. The van der Waals surface area contributed by atoms with Gasteiger partial charge in [0.1, 0.15) is 0 Å². The molecule has 0 saturated carbocycles. The summed E-state index contributed by atoms with van der Waals surface area (Å²) in [6.45, 7) is 0. The minimum Gasteiger partial charge on any atom is -0.359 e. The Labute approximate surface area is 165 Å². The number of amides is 2. The van der Waals surface area contributed by atoms with Crippen molar-refractivity contribution in [2.45, 2.75) is 6.17 Å². The Balaban J connectivity index is 1.78. The zero-order valence-corrected chi connectivity index (χ0v) is 15.1. The van der Waals surface area contributed by atoms with E-state index in [-0.39, 0.29) is 11.3 Å². The molecule has 2 N–H and O–H groups in total. The maximum atomic E-state index is 13.1. The lowest BCUT2D eigenvalue weighted by atomic mass is 10.0. The molecule has 0 aromatic heterocycles. The van der Waals surface area contributed by atoms with Crippen molar-refractivity contribution in [3.63, 3.8) is 0 Å². The Hall–Kier alpha value is -4.20. The summed E-state index contributed by atoms with van der Waals surface area (Å²) < 4.78 is 0. The number of carbonyl (C=O) groups excluding carboxylic acids is 2. The zero-order valence-electron chi connectivity index (χ0n) is 15.1. The zero-order chi connectivity index (χ0) is 20.4. The monoisotopic (exact) mass is 388 g/mol. The summed E-state index contributed by atoms with van der Waals surface area (Å²) in [5, 5.41) is 15.8. The van der Waals surface area contributed by atoms with E-state index in [1.807, 2.05) is 0 Å². The number of hydrazine groups is 1. The molecule has 0 aliphatic carbocycles. The number of benzene rings is 3. The number of nitro groups is 1. The van der Waals surface area contributed by atoms with Gasteiger partial charge in [-0.1, -0.05) is 42.5 Å². The number of nitrogens with zero attached hydrogens (tertiary/aromatic N) is 2. The molecular weight excluding hydrogens is 372 g/mol. The molecule has 0 fully saturated rings. The van der Waals surface area contributed by atoms with Crippen molar-refractivity contribution in [3.8, 4) is 0 Å². The van der Waals surface area contributed by atoms with Crippen LogP contribution < -0.4 is 10.7 Å². The normalized spacial score (nSPS) is 15.2. The number of carbonyl (C=O) groups is 2. The molecule has 0 bridgehead atoms. The smallest absolute Gasteiger partial charge is 0.276 e. The standard InChI is InChI=1S/C21H16N4O4/c26-20(14-8-2-1-3-9-14)23-24-19(16-11-5-7-13-18(16)25(28)29)22-17-12-6-4-10-15(17)21(24)27/h1-13,19,22H,(H,23,26). The van der Waals surface area contributed by atoms with Crippen molar-refractivity contribution in [2.24, 2.45) is 0 Å². The number of nitro benzene ring substituents is 1. The Kier molecular flexibility index (Phi) is 4.66. The fourth-order valence-electron chi connectivity index (χ4n) is 3.23. The van der Waals surface area contributed by atoms with Gasteiger partial charge < -0.3 is 5.32 Å². The number of hydrogen-bond acceptors (Lipinski definition) is 5. The highest BCUT2D eigenvalue weighted by molar-refractivity contribution is 6.04. The first-order chi connectivity index (χ1) is 14.1. The molecule has 8 nitrogen and oxygen atoms in total. The third-order valence-corrected chi connectivity index (χ3v) is 4.61. The number of rotatable bonds is 4. The first kappa shape index (κ1) is 18.2. The molecule has 1 aliphatic heterocycles. The van der Waals surface area contributed by atoms with E-state index in [1.165, 1.54) is 6.07 Å². The summed E-state index contributed by atoms with van der Waals surface area (Å²) in [5.74, 6) is -0.963. The molecular formula is C21H16N4O4. The Bertz CT molecular complexity index is 1100. The third kappa shape index (κ3) is 3.39. The minimum atomic E-state index is -0.952. The number of anilines is 1. The first-order valence-corrected chi connectivity index (χ1v) is 8.85. The van der Waals surface area contributed by atoms with Crippen molar-refractivity contribution in [1.29, 1.82) is 0 Å². The average molecular weight is 388 g/mol. The van der Waals surface area contributed by atoms with E-state index >= 15 is 0 Å². The molecule has 3 aromatic carbocycles. The summed E-state index contributed by atoms with van der Waals surface area (Å²) in [6.07, 6.45) is -0.952. The number of nitrogens with one attached hydrogen (secondary N) is 2. The molecule has 1 unspecified atom stereocenters. The molecule has 0 saturated heterocycles. The lowest BCUT2D eigenvalue weighted by molar-refractivity contribution is -0.385. The Morgan fingerprint density at radius 1 is 0.966 bits per heavy atom. The van der Waals surface area contributed by atoms with E-state index in [0.29, 0.717) is 16.8 Å². The molecule has 2 amide bonds. The van der Waals surface area contributed by atoms with Crippen LogP contribution in [-0.2, 0) is 0 Å². The van der Waals surface area contributed by atoms with Crippen molar-refractivity contribution in [1.82, 2.24) is 10.4 Å². The molecule has 1 heterocycles. The van der Waals surface area contributed by atoms with E-state index < -0.39 is 22.9 Å². The molecule has 0 spiro atoms. The van der Waals surface area contributed by atoms with Gasteiger partial charge in [-0.2, -0.15) is 0 Å². The molecule has 8 heteroatoms. The van der Waals surface area contributed by atoms with Crippen LogP contribution in [0.15, 0.2) is 78.9 Å². The molecule has 3 aromatic rings. The molecule has 1 atom stereocenters. The minimum absolute atomic E-state index is 0.156. The second kappa shape index (κ2) is 7.43. The van der Waals surface area contributed by atoms with E-state index in [9.17, 15) is 19.7 Å². The largest absolute Gasteiger partial charge is 0.359 e. The second-order valence-corrected chi connectivity index (χ2v) is 6.39. The van der Waals surface area contributed by atoms with E-state index in [4.69, 9.17) is 0 Å². The average Bonchev–Trinajstić information content (AvgIpc) is 2.76. The van der Waals surface area contributed by atoms with Crippen LogP contribution in [0.1, 0.15) is 32.4 Å². The van der Waals surface area contributed by atoms with Gasteiger partial charge in [-0.15, -0.1) is 0 Å². The lowest BCUT2D eigenvalue weighted by Gasteiger charge is -2.37. The van der Waals surface area contributed by atoms with Crippen molar-refractivity contribution < 1.29 is 14.5 Å². The first-order valence-electron chi connectivity index (χ1n) is 8.85. The van der Waals surface area contributed by atoms with Crippen LogP contribution in [0, 0.1) is 10.1 Å². The fraction of sp³-hybridized carbons (Fsp3) is 0.0476. The van der Waals surface area contributed by atoms with E-state index in [2.05, 4.69) is 10.7 Å². The van der Waals surface area contributed by atoms with Crippen molar-refractivity contribution >= 4 is 23.2 Å². The summed E-state index contributed by atoms with van der Waals surface area (Å²) in [6, 6.07) is 21.3. The van der Waals surface area contributed by atoms with Gasteiger partial charge in [0.25, 0.3) is 17.5 Å². The highest BCUT2D eigenvalue weighted by Gasteiger charge is 2.37. The SMILES string of the molecule is O=C(NN1C(=O)c2ccccc2NC1c1ccccc1[N+](=O)[O-])c1ccccc1. The highest BCUT2D eigenvalue weighted by atomic mass is 16.6. The fourth-order valence-corrected chi connectivity index (χ4v) is 3.23. The topological polar surface area (TPSA) is 105 Å². The summed E-state index contributed by atoms with van der Waals surface area (Å²) in [4.78, 5) is 36.9. The van der Waals surface area contributed by atoms with Gasteiger partial charge in [0.2, 0.25) is 0 Å². The predicted molar refractivity (Wildman–Crippen MR) is 106 cm³/mol. The van der Waals surface area contributed by atoms with E-state index in [1.54, 1.807) is 72.8 Å². The van der Waals surface area contributed by atoms with Crippen LogP contribution >= 0.6 is 0 Å². The van der Waals surface area contributed by atoms with Gasteiger partial charge >= 0.3 is 0 Å². The van der Waals surface area contributed by atoms with Gasteiger partial charge in [-0.3, -0.25) is 25.1 Å².